The monoisotopic (exact) mass is 370 g/mol. The Labute approximate surface area is 154 Å². The van der Waals surface area contributed by atoms with Crippen LogP contribution in [0.25, 0.3) is 5.52 Å². The molecule has 9 heteroatoms. The average Bonchev–Trinajstić information content (AvgIpc) is 3.03. The maximum Gasteiger partial charge on any atom is 0.337 e. The highest BCUT2D eigenvalue weighted by molar-refractivity contribution is 5.94. The number of carboxylic acid groups (broad SMARTS) is 1. The maximum atomic E-state index is 11.9. The van der Waals surface area contributed by atoms with Gasteiger partial charge in [0.25, 0.3) is 5.91 Å². The van der Waals surface area contributed by atoms with E-state index in [4.69, 9.17) is 4.74 Å². The van der Waals surface area contributed by atoms with Crippen LogP contribution in [0.4, 0.5) is 0 Å². The van der Waals surface area contributed by atoms with E-state index >= 15 is 0 Å². The van der Waals surface area contributed by atoms with Crippen molar-refractivity contribution < 1.29 is 24.3 Å². The quantitative estimate of drug-likeness (QED) is 0.641. The number of benzene rings is 1. The molecule has 0 spiro atoms. The molecule has 0 aliphatic rings. The van der Waals surface area contributed by atoms with Gasteiger partial charge in [-0.15, -0.1) is 0 Å². The molecule has 27 heavy (non-hydrogen) atoms. The van der Waals surface area contributed by atoms with Gasteiger partial charge in [-0.2, -0.15) is 10.1 Å². The van der Waals surface area contributed by atoms with Crippen LogP contribution in [0.15, 0.2) is 36.8 Å². The fraction of sp³-hybridized carbons (Fsp3) is 0.222. The van der Waals surface area contributed by atoms with Gasteiger partial charge in [0.2, 0.25) is 5.88 Å². The standard InChI is InChI=1S/C18H18N4O5/c1-10(2)14-13(18(24)25)8-22-15(14)17(19-9-20-22)27-12-6-4-5-11(7-12)16(23)21-26-3/h4-10H,1-3H3,(H,21,23)(H,24,25). The molecule has 2 N–H and O–H groups in total. The molecule has 0 saturated carbocycles. The Morgan fingerprint density at radius 2 is 2.07 bits per heavy atom. The number of fused-ring (bicyclic) bond motifs is 1. The molecule has 2 heterocycles. The molecule has 2 aromatic heterocycles. The van der Waals surface area contributed by atoms with Crippen molar-refractivity contribution in [3.63, 3.8) is 0 Å². The van der Waals surface area contributed by atoms with E-state index in [1.165, 1.54) is 30.2 Å². The lowest BCUT2D eigenvalue weighted by Gasteiger charge is -2.11. The smallest absolute Gasteiger partial charge is 0.337 e. The Morgan fingerprint density at radius 3 is 2.74 bits per heavy atom. The fourth-order valence-electron chi connectivity index (χ4n) is 2.80. The van der Waals surface area contributed by atoms with Gasteiger partial charge in [0.15, 0.2) is 0 Å². The molecule has 0 atom stereocenters. The largest absolute Gasteiger partial charge is 0.478 e. The number of aromatic carboxylic acids is 1. The lowest BCUT2D eigenvalue weighted by molar-refractivity contribution is 0.0537. The number of carbonyl (C=O) groups is 2. The third-order valence-electron chi connectivity index (χ3n) is 3.89. The van der Waals surface area contributed by atoms with Crippen LogP contribution in [0.3, 0.4) is 0 Å². The summed E-state index contributed by atoms with van der Waals surface area (Å²) in [5.41, 5.74) is 3.76. The van der Waals surface area contributed by atoms with E-state index < -0.39 is 11.9 Å². The van der Waals surface area contributed by atoms with Gasteiger partial charge in [-0.1, -0.05) is 19.9 Å². The first-order valence-corrected chi connectivity index (χ1v) is 8.13. The zero-order chi connectivity index (χ0) is 19.6. The highest BCUT2D eigenvalue weighted by Gasteiger charge is 2.23. The molecule has 9 nitrogen and oxygen atoms in total. The summed E-state index contributed by atoms with van der Waals surface area (Å²) in [5.74, 6) is -0.992. The van der Waals surface area contributed by atoms with Gasteiger partial charge in [-0.25, -0.2) is 14.8 Å². The van der Waals surface area contributed by atoms with E-state index in [0.717, 1.165) is 0 Å². The van der Waals surface area contributed by atoms with E-state index in [1.807, 2.05) is 13.8 Å². The molecule has 3 aromatic rings. The van der Waals surface area contributed by atoms with Crippen LogP contribution in [-0.2, 0) is 4.84 Å². The molecule has 0 radical (unpaired) electrons. The van der Waals surface area contributed by atoms with Crippen LogP contribution in [0.2, 0.25) is 0 Å². The van der Waals surface area contributed by atoms with E-state index in [1.54, 1.807) is 18.2 Å². The summed E-state index contributed by atoms with van der Waals surface area (Å²) in [5, 5.41) is 13.6. The summed E-state index contributed by atoms with van der Waals surface area (Å²) in [7, 11) is 1.34. The van der Waals surface area contributed by atoms with Crippen molar-refractivity contribution in [3.05, 3.63) is 53.5 Å². The summed E-state index contributed by atoms with van der Waals surface area (Å²) < 4.78 is 7.29. The molecule has 0 aliphatic carbocycles. The number of hydrogen-bond donors (Lipinski definition) is 2. The minimum Gasteiger partial charge on any atom is -0.478 e. The molecule has 0 bridgehead atoms. The molecular weight excluding hydrogens is 352 g/mol. The Kier molecular flexibility index (Phi) is 5.04. The zero-order valence-corrected chi connectivity index (χ0v) is 15.0. The predicted octanol–water partition coefficient (Wildman–Crippen LogP) is 2.63. The number of hydrogen-bond acceptors (Lipinski definition) is 6. The minimum atomic E-state index is -1.05. The van der Waals surface area contributed by atoms with E-state index in [9.17, 15) is 14.7 Å². The molecule has 140 valence electrons. The third-order valence-corrected chi connectivity index (χ3v) is 3.89. The summed E-state index contributed by atoms with van der Waals surface area (Å²) in [6.45, 7) is 3.77. The van der Waals surface area contributed by atoms with Gasteiger partial charge < -0.3 is 9.84 Å². The third kappa shape index (κ3) is 3.58. The van der Waals surface area contributed by atoms with Crippen molar-refractivity contribution >= 4 is 17.4 Å². The number of ether oxygens (including phenoxy) is 1. The molecule has 0 unspecified atom stereocenters. The first-order valence-electron chi connectivity index (χ1n) is 8.13. The minimum absolute atomic E-state index is 0.0896. The molecular formula is C18H18N4O5. The lowest BCUT2D eigenvalue weighted by atomic mass is 10.0. The topological polar surface area (TPSA) is 115 Å². The van der Waals surface area contributed by atoms with Gasteiger partial charge in [0, 0.05) is 17.3 Å². The van der Waals surface area contributed by atoms with Crippen LogP contribution in [-0.4, -0.2) is 38.7 Å². The number of carboxylic acids is 1. The Hall–Kier alpha value is -3.46. The molecule has 3 rings (SSSR count). The van der Waals surface area contributed by atoms with E-state index in [2.05, 4.69) is 20.4 Å². The van der Waals surface area contributed by atoms with Crippen molar-refractivity contribution in [1.82, 2.24) is 20.1 Å². The molecule has 0 saturated heterocycles. The van der Waals surface area contributed by atoms with Crippen LogP contribution in [0, 0.1) is 0 Å². The van der Waals surface area contributed by atoms with Crippen LogP contribution in [0.1, 0.15) is 46.0 Å². The van der Waals surface area contributed by atoms with Crippen LogP contribution < -0.4 is 10.2 Å². The van der Waals surface area contributed by atoms with Gasteiger partial charge >= 0.3 is 5.97 Å². The summed E-state index contributed by atoms with van der Waals surface area (Å²) in [6.07, 6.45) is 2.71. The highest BCUT2D eigenvalue weighted by Crippen LogP contribution is 2.33. The van der Waals surface area contributed by atoms with Crippen LogP contribution in [0.5, 0.6) is 11.6 Å². The fourth-order valence-corrected chi connectivity index (χ4v) is 2.80. The number of nitrogens with zero attached hydrogens (tertiary/aromatic N) is 3. The summed E-state index contributed by atoms with van der Waals surface area (Å²) in [4.78, 5) is 32.3. The van der Waals surface area contributed by atoms with Gasteiger partial charge in [-0.3, -0.25) is 9.63 Å². The van der Waals surface area contributed by atoms with E-state index in [0.29, 0.717) is 22.4 Å². The molecule has 0 fully saturated rings. The second kappa shape index (κ2) is 7.42. The second-order valence-electron chi connectivity index (χ2n) is 6.04. The average molecular weight is 370 g/mol. The van der Waals surface area contributed by atoms with Gasteiger partial charge in [-0.05, 0) is 24.1 Å². The first-order chi connectivity index (χ1) is 12.9. The van der Waals surface area contributed by atoms with Crippen molar-refractivity contribution in [1.29, 1.82) is 0 Å². The second-order valence-corrected chi connectivity index (χ2v) is 6.04. The number of aromatic nitrogens is 3. The number of hydroxylamine groups is 1. The number of amides is 1. The molecule has 1 amide bonds. The normalized spacial score (nSPS) is 11.0. The number of nitrogens with one attached hydrogen (secondary N) is 1. The first kappa shape index (κ1) is 18.3. The van der Waals surface area contributed by atoms with Crippen molar-refractivity contribution in [3.8, 4) is 11.6 Å². The lowest BCUT2D eigenvalue weighted by Crippen LogP contribution is -2.21. The Morgan fingerprint density at radius 1 is 1.30 bits per heavy atom. The predicted molar refractivity (Wildman–Crippen MR) is 95.0 cm³/mol. The van der Waals surface area contributed by atoms with Gasteiger partial charge in [0.05, 0.1) is 12.7 Å². The molecule has 0 aliphatic heterocycles. The maximum absolute atomic E-state index is 11.9. The van der Waals surface area contributed by atoms with Gasteiger partial charge in [0.1, 0.15) is 17.6 Å². The number of carbonyl (C=O) groups excluding carboxylic acids is 1. The van der Waals surface area contributed by atoms with Crippen molar-refractivity contribution in [2.45, 2.75) is 19.8 Å². The highest BCUT2D eigenvalue weighted by atomic mass is 16.6. The van der Waals surface area contributed by atoms with E-state index in [-0.39, 0.29) is 17.4 Å². The summed E-state index contributed by atoms with van der Waals surface area (Å²) >= 11 is 0. The number of rotatable bonds is 6. The van der Waals surface area contributed by atoms with Crippen molar-refractivity contribution in [2.24, 2.45) is 0 Å². The Balaban J connectivity index is 2.07. The molecule has 1 aromatic carbocycles. The van der Waals surface area contributed by atoms with Crippen LogP contribution >= 0.6 is 0 Å². The Bertz CT molecular complexity index is 1010. The van der Waals surface area contributed by atoms with Crippen molar-refractivity contribution in [2.75, 3.05) is 7.11 Å². The summed E-state index contributed by atoms with van der Waals surface area (Å²) in [6, 6.07) is 6.46. The zero-order valence-electron chi connectivity index (χ0n) is 15.0. The SMILES string of the molecule is CONC(=O)c1cccc(Oc2ncnn3cc(C(=O)O)c(C(C)C)c23)c1.